The molecule has 0 atom stereocenters. The number of hydrogen-bond acceptors (Lipinski definition) is 5. The summed E-state index contributed by atoms with van der Waals surface area (Å²) in [6.07, 6.45) is 4.27. The monoisotopic (exact) mass is 382 g/mol. The van der Waals surface area contributed by atoms with Crippen LogP contribution in [0.3, 0.4) is 0 Å². The highest BCUT2D eigenvalue weighted by Gasteiger charge is 2.22. The van der Waals surface area contributed by atoms with Gasteiger partial charge >= 0.3 is 0 Å². The lowest BCUT2D eigenvalue weighted by Crippen LogP contribution is -2.01. The number of aryl methyl sites for hydroxylation is 1. The van der Waals surface area contributed by atoms with E-state index >= 15 is 0 Å². The van der Waals surface area contributed by atoms with Gasteiger partial charge in [-0.05, 0) is 55.5 Å². The van der Waals surface area contributed by atoms with Crippen molar-refractivity contribution >= 4 is 34.0 Å². The fourth-order valence-electron chi connectivity index (χ4n) is 3.17. The normalized spacial score (nSPS) is 14.5. The van der Waals surface area contributed by atoms with E-state index in [9.17, 15) is 14.8 Å². The summed E-state index contributed by atoms with van der Waals surface area (Å²) in [7, 11) is 0. The number of thiazole rings is 1. The number of aromatic nitrogens is 1. The Labute approximate surface area is 158 Å². The van der Waals surface area contributed by atoms with Crippen LogP contribution in [0.1, 0.15) is 33.9 Å². The Bertz CT molecular complexity index is 1030. The molecule has 0 amide bonds. The number of hydrogen-bond donors (Lipinski definition) is 1. The third-order valence-corrected chi connectivity index (χ3v) is 6.47. The Hall–Kier alpha value is -2.49. The predicted molar refractivity (Wildman–Crippen MR) is 104 cm³/mol. The zero-order chi connectivity index (χ0) is 18.1. The quantitative estimate of drug-likeness (QED) is 0.457. The molecule has 4 rings (SSSR count). The third-order valence-electron chi connectivity index (χ3n) is 4.52. The van der Waals surface area contributed by atoms with Gasteiger partial charge in [-0.25, -0.2) is 9.37 Å². The van der Waals surface area contributed by atoms with Gasteiger partial charge in [0, 0.05) is 26.8 Å². The van der Waals surface area contributed by atoms with Crippen LogP contribution >= 0.6 is 22.7 Å². The van der Waals surface area contributed by atoms with Crippen molar-refractivity contribution in [1.82, 2.24) is 4.98 Å². The molecule has 130 valence electrons. The lowest BCUT2D eigenvalue weighted by molar-refractivity contribution is 0.512. The summed E-state index contributed by atoms with van der Waals surface area (Å²) in [6, 6.07) is 8.17. The lowest BCUT2D eigenvalue weighted by Gasteiger charge is -2.12. The third kappa shape index (κ3) is 3.05. The van der Waals surface area contributed by atoms with Gasteiger partial charge in [0.05, 0.1) is 5.69 Å². The maximum Gasteiger partial charge on any atom is 0.144 e. The number of allylic oxidation sites excluding steroid dienone is 1. The van der Waals surface area contributed by atoms with Gasteiger partial charge in [-0.2, -0.15) is 5.26 Å². The van der Waals surface area contributed by atoms with E-state index in [2.05, 4.69) is 11.1 Å². The average Bonchev–Trinajstić information content (AvgIpc) is 3.30. The topological polar surface area (TPSA) is 56.9 Å². The minimum atomic E-state index is -0.304. The first-order valence-corrected chi connectivity index (χ1v) is 10.1. The van der Waals surface area contributed by atoms with Gasteiger partial charge in [0.15, 0.2) is 0 Å². The van der Waals surface area contributed by atoms with Crippen LogP contribution in [0.4, 0.5) is 4.39 Å². The summed E-state index contributed by atoms with van der Waals surface area (Å²) in [6.45, 7) is 0. The largest absolute Gasteiger partial charge is 0.506 e. The summed E-state index contributed by atoms with van der Waals surface area (Å²) in [4.78, 5) is 5.79. The van der Waals surface area contributed by atoms with E-state index in [0.717, 1.165) is 30.4 Å². The van der Waals surface area contributed by atoms with Crippen molar-refractivity contribution in [2.45, 2.75) is 25.7 Å². The van der Waals surface area contributed by atoms with Crippen molar-refractivity contribution in [3.8, 4) is 17.3 Å². The van der Waals surface area contributed by atoms with Crippen molar-refractivity contribution in [3.05, 3.63) is 61.9 Å². The number of halogens is 1. The molecule has 3 aromatic rings. The van der Waals surface area contributed by atoms with Crippen molar-refractivity contribution < 1.29 is 9.50 Å². The van der Waals surface area contributed by atoms with E-state index in [1.165, 1.54) is 40.3 Å². The van der Waals surface area contributed by atoms with Crippen LogP contribution in [0.25, 0.3) is 22.6 Å². The van der Waals surface area contributed by atoms with E-state index in [-0.39, 0.29) is 17.1 Å². The number of nitrogens with zero attached hydrogens (tertiary/aromatic N) is 2. The van der Waals surface area contributed by atoms with Crippen molar-refractivity contribution in [3.63, 3.8) is 0 Å². The zero-order valence-electron chi connectivity index (χ0n) is 13.8. The minimum Gasteiger partial charge on any atom is -0.506 e. The molecule has 0 saturated heterocycles. The summed E-state index contributed by atoms with van der Waals surface area (Å²) in [5.74, 6) is -0.298. The first kappa shape index (κ1) is 17.0. The zero-order valence-corrected chi connectivity index (χ0v) is 15.5. The number of aliphatic hydroxyl groups excluding tert-OH is 1. The molecule has 6 heteroatoms. The second-order valence-corrected chi connectivity index (χ2v) is 7.96. The molecular weight excluding hydrogens is 367 g/mol. The van der Waals surface area contributed by atoms with E-state index in [1.54, 1.807) is 23.5 Å². The molecule has 0 aliphatic heterocycles. The molecule has 2 aromatic heterocycles. The molecule has 26 heavy (non-hydrogen) atoms. The average molecular weight is 382 g/mol. The molecule has 0 bridgehead atoms. The minimum absolute atomic E-state index is 0.00639. The van der Waals surface area contributed by atoms with Gasteiger partial charge in [-0.15, -0.1) is 22.7 Å². The van der Waals surface area contributed by atoms with E-state index in [0.29, 0.717) is 10.7 Å². The van der Waals surface area contributed by atoms with Gasteiger partial charge in [0.1, 0.15) is 28.2 Å². The van der Waals surface area contributed by atoms with Crippen LogP contribution in [0.2, 0.25) is 0 Å². The Morgan fingerprint density at radius 2 is 1.88 bits per heavy atom. The van der Waals surface area contributed by atoms with Crippen molar-refractivity contribution in [1.29, 1.82) is 5.26 Å². The van der Waals surface area contributed by atoms with E-state index in [1.807, 2.05) is 10.8 Å². The predicted octanol–water partition coefficient (Wildman–Crippen LogP) is 5.84. The number of rotatable bonds is 3. The first-order chi connectivity index (χ1) is 12.7. The van der Waals surface area contributed by atoms with Crippen LogP contribution in [0.15, 0.2) is 35.0 Å². The van der Waals surface area contributed by atoms with Crippen LogP contribution in [0.5, 0.6) is 0 Å². The number of thiophene rings is 1. The van der Waals surface area contributed by atoms with Gasteiger partial charge in [0.2, 0.25) is 0 Å². The highest BCUT2D eigenvalue weighted by atomic mass is 32.1. The first-order valence-electron chi connectivity index (χ1n) is 8.32. The fraction of sp³-hybridized carbons (Fsp3) is 0.200. The Morgan fingerprint density at radius 3 is 2.65 bits per heavy atom. The molecule has 1 aliphatic rings. The van der Waals surface area contributed by atoms with Crippen LogP contribution in [-0.2, 0) is 12.8 Å². The van der Waals surface area contributed by atoms with Crippen LogP contribution in [-0.4, -0.2) is 10.1 Å². The van der Waals surface area contributed by atoms with Gasteiger partial charge in [-0.1, -0.05) is 0 Å². The Balaban J connectivity index is 1.73. The number of fused-ring (bicyclic) bond motifs is 1. The number of aliphatic hydroxyl groups is 1. The summed E-state index contributed by atoms with van der Waals surface area (Å²) >= 11 is 2.95. The molecule has 3 nitrogen and oxygen atoms in total. The molecule has 1 aromatic carbocycles. The molecule has 2 heterocycles. The Morgan fingerprint density at radius 1 is 1.12 bits per heavy atom. The standard InChI is InChI=1S/C20H15FN2OS2/c21-13-7-5-12(6-8-13)17-11-26-20(23-17)15(9-22)19(24)16-10-25-18-4-2-1-3-14(16)18/h5-8,10-11,24H,1-4H2/b19-15-. The maximum absolute atomic E-state index is 13.1. The molecule has 0 unspecified atom stereocenters. The summed E-state index contributed by atoms with van der Waals surface area (Å²) in [5.41, 5.74) is 3.56. The second-order valence-electron chi connectivity index (χ2n) is 6.14. The molecule has 0 spiro atoms. The van der Waals surface area contributed by atoms with Crippen LogP contribution in [0, 0.1) is 17.1 Å². The maximum atomic E-state index is 13.1. The Kier molecular flexibility index (Phi) is 4.58. The highest BCUT2D eigenvalue weighted by molar-refractivity contribution is 7.11. The van der Waals surface area contributed by atoms with Gasteiger partial charge in [-0.3, -0.25) is 0 Å². The van der Waals surface area contributed by atoms with Crippen molar-refractivity contribution in [2.24, 2.45) is 0 Å². The van der Waals surface area contributed by atoms with Gasteiger partial charge < -0.3 is 5.11 Å². The van der Waals surface area contributed by atoms with Crippen LogP contribution < -0.4 is 0 Å². The molecule has 1 aliphatic carbocycles. The molecule has 0 radical (unpaired) electrons. The fourth-order valence-corrected chi connectivity index (χ4v) is 5.12. The lowest BCUT2D eigenvalue weighted by atomic mass is 9.94. The molecular formula is C20H15FN2OS2. The molecule has 0 fully saturated rings. The highest BCUT2D eigenvalue weighted by Crippen LogP contribution is 2.37. The SMILES string of the molecule is N#C/C(=C(/O)c1csc2c1CCCC2)c1nc(-c2ccc(F)cc2)cs1. The molecule has 0 saturated carbocycles. The van der Waals surface area contributed by atoms with Gasteiger partial charge in [0.25, 0.3) is 0 Å². The smallest absolute Gasteiger partial charge is 0.144 e. The summed E-state index contributed by atoms with van der Waals surface area (Å²) < 4.78 is 13.1. The number of nitriles is 1. The van der Waals surface area contributed by atoms with Crippen molar-refractivity contribution in [2.75, 3.05) is 0 Å². The van der Waals surface area contributed by atoms with E-state index < -0.39 is 0 Å². The summed E-state index contributed by atoms with van der Waals surface area (Å²) in [5, 5.41) is 24.6. The second kappa shape index (κ2) is 7.02. The molecule has 1 N–H and O–H groups in total. The van der Waals surface area contributed by atoms with E-state index in [4.69, 9.17) is 0 Å². The number of benzene rings is 1.